The Hall–Kier alpha value is -0.530. The third kappa shape index (κ3) is 5.10. The first-order valence-corrected chi connectivity index (χ1v) is 6.92. The monoisotopic (exact) mass is 254 g/mol. The summed E-state index contributed by atoms with van der Waals surface area (Å²) in [6.45, 7) is 4.72. The van der Waals surface area contributed by atoms with Crippen molar-refractivity contribution >= 4 is 11.6 Å². The SMILES string of the molecule is CCC(CC)CC(CO)Cc1cccc(Cl)c1. The van der Waals surface area contributed by atoms with Gasteiger partial charge in [-0.1, -0.05) is 50.4 Å². The van der Waals surface area contributed by atoms with Crippen LogP contribution in [-0.4, -0.2) is 11.7 Å². The van der Waals surface area contributed by atoms with Crippen molar-refractivity contribution in [1.82, 2.24) is 0 Å². The van der Waals surface area contributed by atoms with Crippen LogP contribution < -0.4 is 0 Å². The Morgan fingerprint density at radius 1 is 1.18 bits per heavy atom. The second-order valence-electron chi connectivity index (χ2n) is 4.80. The quantitative estimate of drug-likeness (QED) is 0.769. The van der Waals surface area contributed by atoms with Crippen LogP contribution >= 0.6 is 11.6 Å². The molecule has 0 saturated heterocycles. The minimum Gasteiger partial charge on any atom is -0.396 e. The minimum absolute atomic E-state index is 0.267. The predicted octanol–water partition coefficient (Wildman–Crippen LogP) is 4.32. The Labute approximate surface area is 110 Å². The molecule has 2 heteroatoms. The van der Waals surface area contributed by atoms with E-state index in [0.717, 1.165) is 23.8 Å². The first-order chi connectivity index (χ1) is 8.19. The third-order valence-corrected chi connectivity index (χ3v) is 3.73. The van der Waals surface area contributed by atoms with E-state index < -0.39 is 0 Å². The van der Waals surface area contributed by atoms with Crippen molar-refractivity contribution in [1.29, 1.82) is 0 Å². The zero-order chi connectivity index (χ0) is 12.7. The molecule has 0 heterocycles. The van der Waals surface area contributed by atoms with Gasteiger partial charge in [0.05, 0.1) is 0 Å². The summed E-state index contributed by atoms with van der Waals surface area (Å²) in [6.07, 6.45) is 4.43. The number of hydrogen-bond acceptors (Lipinski definition) is 1. The molecule has 17 heavy (non-hydrogen) atoms. The van der Waals surface area contributed by atoms with Gasteiger partial charge in [-0.25, -0.2) is 0 Å². The zero-order valence-corrected chi connectivity index (χ0v) is 11.6. The summed E-state index contributed by atoms with van der Waals surface area (Å²) in [6, 6.07) is 7.95. The van der Waals surface area contributed by atoms with Crippen LogP contribution in [0.25, 0.3) is 0 Å². The maximum absolute atomic E-state index is 9.46. The van der Waals surface area contributed by atoms with E-state index in [2.05, 4.69) is 19.9 Å². The van der Waals surface area contributed by atoms with Gasteiger partial charge in [0, 0.05) is 11.6 Å². The second kappa shape index (κ2) is 7.73. The summed E-state index contributed by atoms with van der Waals surface area (Å²) in [5.41, 5.74) is 1.22. The Bertz CT molecular complexity index is 320. The molecule has 0 spiro atoms. The molecule has 0 aromatic heterocycles. The molecule has 0 saturated carbocycles. The van der Waals surface area contributed by atoms with Gasteiger partial charge in [0.25, 0.3) is 0 Å². The van der Waals surface area contributed by atoms with Crippen molar-refractivity contribution < 1.29 is 5.11 Å². The van der Waals surface area contributed by atoms with Crippen LogP contribution in [0.2, 0.25) is 5.02 Å². The number of benzene rings is 1. The van der Waals surface area contributed by atoms with Crippen molar-refractivity contribution in [2.45, 2.75) is 39.5 Å². The topological polar surface area (TPSA) is 20.2 Å². The van der Waals surface area contributed by atoms with E-state index in [4.69, 9.17) is 11.6 Å². The van der Waals surface area contributed by atoms with Crippen molar-refractivity contribution in [3.8, 4) is 0 Å². The number of hydrogen-bond donors (Lipinski definition) is 1. The highest BCUT2D eigenvalue weighted by Crippen LogP contribution is 2.23. The van der Waals surface area contributed by atoms with Crippen LogP contribution in [0, 0.1) is 11.8 Å². The second-order valence-corrected chi connectivity index (χ2v) is 5.24. The Morgan fingerprint density at radius 3 is 2.41 bits per heavy atom. The standard InChI is InChI=1S/C15H23ClO/c1-3-12(4-2)8-14(11-17)9-13-6-5-7-15(16)10-13/h5-7,10,12,14,17H,3-4,8-9,11H2,1-2H3. The van der Waals surface area contributed by atoms with Crippen LogP contribution in [0.3, 0.4) is 0 Å². The summed E-state index contributed by atoms with van der Waals surface area (Å²) >= 11 is 5.97. The summed E-state index contributed by atoms with van der Waals surface area (Å²) in [5.74, 6) is 1.09. The summed E-state index contributed by atoms with van der Waals surface area (Å²) < 4.78 is 0. The minimum atomic E-state index is 0.267. The molecule has 0 aliphatic rings. The predicted molar refractivity (Wildman–Crippen MR) is 74.4 cm³/mol. The van der Waals surface area contributed by atoms with Gasteiger partial charge in [-0.05, 0) is 42.4 Å². The average Bonchev–Trinajstić information content (AvgIpc) is 2.34. The third-order valence-electron chi connectivity index (χ3n) is 3.49. The normalized spacial score (nSPS) is 13.0. The number of aliphatic hydroxyl groups excluding tert-OH is 1. The molecule has 0 fully saturated rings. The lowest BCUT2D eigenvalue weighted by molar-refractivity contribution is 0.196. The van der Waals surface area contributed by atoms with E-state index in [0.29, 0.717) is 5.92 Å². The Balaban J connectivity index is 2.57. The van der Waals surface area contributed by atoms with E-state index in [1.54, 1.807) is 0 Å². The molecule has 1 N–H and O–H groups in total. The largest absolute Gasteiger partial charge is 0.396 e. The lowest BCUT2D eigenvalue weighted by Crippen LogP contribution is -2.14. The number of rotatable bonds is 7. The molecule has 0 aliphatic heterocycles. The van der Waals surface area contributed by atoms with Crippen LogP contribution in [0.5, 0.6) is 0 Å². The molecule has 1 aromatic rings. The molecular weight excluding hydrogens is 232 g/mol. The summed E-state index contributed by atoms with van der Waals surface area (Å²) in [4.78, 5) is 0. The van der Waals surface area contributed by atoms with Gasteiger partial charge in [-0.3, -0.25) is 0 Å². The number of halogens is 1. The Morgan fingerprint density at radius 2 is 1.88 bits per heavy atom. The maximum Gasteiger partial charge on any atom is 0.0462 e. The van der Waals surface area contributed by atoms with Crippen LogP contribution in [0.15, 0.2) is 24.3 Å². The van der Waals surface area contributed by atoms with E-state index in [-0.39, 0.29) is 6.61 Å². The van der Waals surface area contributed by atoms with Gasteiger partial charge in [0.1, 0.15) is 0 Å². The lowest BCUT2D eigenvalue weighted by atomic mass is 9.87. The maximum atomic E-state index is 9.46. The molecule has 1 atom stereocenters. The molecule has 1 nitrogen and oxygen atoms in total. The van der Waals surface area contributed by atoms with Crippen molar-refractivity contribution in [2.24, 2.45) is 11.8 Å². The summed E-state index contributed by atoms with van der Waals surface area (Å²) in [7, 11) is 0. The molecule has 0 radical (unpaired) electrons. The highest BCUT2D eigenvalue weighted by Gasteiger charge is 2.14. The molecule has 0 bridgehead atoms. The number of aliphatic hydroxyl groups is 1. The van der Waals surface area contributed by atoms with Crippen molar-refractivity contribution in [3.05, 3.63) is 34.9 Å². The van der Waals surface area contributed by atoms with Gasteiger partial charge in [0.2, 0.25) is 0 Å². The fourth-order valence-corrected chi connectivity index (χ4v) is 2.53. The highest BCUT2D eigenvalue weighted by molar-refractivity contribution is 6.30. The van der Waals surface area contributed by atoms with E-state index in [1.807, 2.05) is 18.2 Å². The van der Waals surface area contributed by atoms with Gasteiger partial charge in [-0.2, -0.15) is 0 Å². The van der Waals surface area contributed by atoms with Gasteiger partial charge in [-0.15, -0.1) is 0 Å². The molecule has 96 valence electrons. The first-order valence-electron chi connectivity index (χ1n) is 6.54. The molecule has 1 unspecified atom stereocenters. The van der Waals surface area contributed by atoms with E-state index in [1.165, 1.54) is 18.4 Å². The van der Waals surface area contributed by atoms with E-state index >= 15 is 0 Å². The smallest absolute Gasteiger partial charge is 0.0462 e. The lowest BCUT2D eigenvalue weighted by Gasteiger charge is -2.20. The molecule has 0 amide bonds. The van der Waals surface area contributed by atoms with Gasteiger partial charge >= 0.3 is 0 Å². The molecule has 0 aliphatic carbocycles. The molecular formula is C15H23ClO. The molecule has 1 rings (SSSR count). The van der Waals surface area contributed by atoms with Crippen molar-refractivity contribution in [2.75, 3.05) is 6.61 Å². The highest BCUT2D eigenvalue weighted by atomic mass is 35.5. The fourth-order valence-electron chi connectivity index (χ4n) is 2.31. The van der Waals surface area contributed by atoms with Crippen LogP contribution in [-0.2, 0) is 6.42 Å². The van der Waals surface area contributed by atoms with Gasteiger partial charge in [0.15, 0.2) is 0 Å². The average molecular weight is 255 g/mol. The Kier molecular flexibility index (Phi) is 6.61. The molecule has 1 aromatic carbocycles. The fraction of sp³-hybridized carbons (Fsp3) is 0.600. The van der Waals surface area contributed by atoms with Crippen molar-refractivity contribution in [3.63, 3.8) is 0 Å². The van der Waals surface area contributed by atoms with Gasteiger partial charge < -0.3 is 5.11 Å². The first kappa shape index (κ1) is 14.5. The van der Waals surface area contributed by atoms with Crippen LogP contribution in [0.1, 0.15) is 38.7 Å². The zero-order valence-electron chi connectivity index (χ0n) is 10.8. The van der Waals surface area contributed by atoms with Crippen LogP contribution in [0.4, 0.5) is 0 Å². The summed E-state index contributed by atoms with van der Waals surface area (Å²) in [5, 5.41) is 10.2. The van der Waals surface area contributed by atoms with E-state index in [9.17, 15) is 5.11 Å².